The first-order valence-corrected chi connectivity index (χ1v) is 7.81. The Kier molecular flexibility index (Phi) is 5.59. The van der Waals surface area contributed by atoms with E-state index in [0.29, 0.717) is 17.9 Å². The van der Waals surface area contributed by atoms with E-state index in [9.17, 15) is 4.39 Å². The van der Waals surface area contributed by atoms with Gasteiger partial charge in [-0.25, -0.2) is 4.39 Å². The molecule has 1 saturated carbocycles. The fourth-order valence-electron chi connectivity index (χ4n) is 3.52. The molecule has 0 spiro atoms. The molecule has 1 unspecified atom stereocenters. The first-order valence-electron chi connectivity index (χ1n) is 7.81. The molecule has 21 heavy (non-hydrogen) atoms. The molecule has 1 fully saturated rings. The zero-order valence-corrected chi connectivity index (χ0v) is 13.2. The van der Waals surface area contributed by atoms with Crippen molar-refractivity contribution in [2.45, 2.75) is 50.7 Å². The molecule has 1 aromatic rings. The maximum atomic E-state index is 14.5. The summed E-state index contributed by atoms with van der Waals surface area (Å²) < 4.78 is 25.7. The van der Waals surface area contributed by atoms with Crippen molar-refractivity contribution in [1.29, 1.82) is 0 Å². The van der Waals surface area contributed by atoms with Crippen LogP contribution in [0.4, 0.5) is 4.39 Å². The predicted octanol–water partition coefficient (Wildman–Crippen LogP) is 3.83. The highest BCUT2D eigenvalue weighted by atomic mass is 19.1. The van der Waals surface area contributed by atoms with Gasteiger partial charge in [-0.2, -0.15) is 0 Å². The van der Waals surface area contributed by atoms with E-state index in [2.05, 4.69) is 5.32 Å². The van der Waals surface area contributed by atoms with Gasteiger partial charge in [0.05, 0.1) is 18.8 Å². The lowest BCUT2D eigenvalue weighted by molar-refractivity contribution is -0.0904. The molecule has 118 valence electrons. The average molecular weight is 295 g/mol. The molecule has 4 heteroatoms. The number of halogens is 1. The van der Waals surface area contributed by atoms with Crippen LogP contribution in [0, 0.1) is 5.82 Å². The second-order valence-corrected chi connectivity index (χ2v) is 5.67. The van der Waals surface area contributed by atoms with Gasteiger partial charge in [0, 0.05) is 18.2 Å². The maximum Gasteiger partial charge on any atom is 0.131 e. The molecule has 1 N–H and O–H groups in total. The number of hydrogen-bond acceptors (Lipinski definition) is 3. The van der Waals surface area contributed by atoms with E-state index in [1.165, 1.54) is 12.5 Å². The quantitative estimate of drug-likeness (QED) is 0.865. The third-order valence-electron chi connectivity index (χ3n) is 4.47. The van der Waals surface area contributed by atoms with Gasteiger partial charge in [-0.1, -0.05) is 25.3 Å². The molecule has 1 atom stereocenters. The second kappa shape index (κ2) is 7.23. The monoisotopic (exact) mass is 295 g/mol. The van der Waals surface area contributed by atoms with Gasteiger partial charge in [0.2, 0.25) is 0 Å². The zero-order chi connectivity index (χ0) is 15.3. The smallest absolute Gasteiger partial charge is 0.131 e. The minimum absolute atomic E-state index is 0.136. The van der Waals surface area contributed by atoms with Gasteiger partial charge in [0.1, 0.15) is 11.6 Å². The molecule has 3 nitrogen and oxygen atoms in total. The molecule has 0 saturated heterocycles. The average Bonchev–Trinajstić information content (AvgIpc) is 2.50. The Labute approximate surface area is 126 Å². The van der Waals surface area contributed by atoms with Crippen LogP contribution in [0.1, 0.15) is 50.6 Å². The van der Waals surface area contributed by atoms with E-state index in [1.54, 1.807) is 7.11 Å². The standard InChI is InChI=1S/C17H26FNO2/c1-4-21-17(10-6-5-7-11-17)16(19-2)14-9-8-13(20-3)12-15(14)18/h8-9,12,16,19H,4-7,10-11H2,1-3H3. The van der Waals surface area contributed by atoms with Crippen molar-refractivity contribution in [3.63, 3.8) is 0 Å². The fraction of sp³-hybridized carbons (Fsp3) is 0.647. The Hall–Kier alpha value is -1.13. The van der Waals surface area contributed by atoms with Crippen LogP contribution in [0.25, 0.3) is 0 Å². The molecule has 2 rings (SSSR count). The normalized spacial score (nSPS) is 19.2. The number of methoxy groups -OCH3 is 1. The van der Waals surface area contributed by atoms with Crippen LogP contribution < -0.4 is 10.1 Å². The van der Waals surface area contributed by atoms with Gasteiger partial charge < -0.3 is 14.8 Å². The van der Waals surface area contributed by atoms with E-state index >= 15 is 0 Å². The highest BCUT2D eigenvalue weighted by Gasteiger charge is 2.41. The highest BCUT2D eigenvalue weighted by molar-refractivity contribution is 5.32. The van der Waals surface area contributed by atoms with Gasteiger partial charge in [-0.15, -0.1) is 0 Å². The van der Waals surface area contributed by atoms with E-state index < -0.39 is 0 Å². The van der Waals surface area contributed by atoms with Crippen LogP contribution in [-0.4, -0.2) is 26.4 Å². The molecule has 0 aliphatic heterocycles. The van der Waals surface area contributed by atoms with Crippen LogP contribution in [0.5, 0.6) is 5.75 Å². The SMILES string of the molecule is CCOC1(C(NC)c2ccc(OC)cc2F)CCCCC1. The molecule has 0 bridgehead atoms. The molecule has 1 aliphatic rings. The first kappa shape index (κ1) is 16.2. The number of benzene rings is 1. The zero-order valence-electron chi connectivity index (χ0n) is 13.2. The van der Waals surface area contributed by atoms with Crippen LogP contribution in [0.3, 0.4) is 0 Å². The molecular weight excluding hydrogens is 269 g/mol. The van der Waals surface area contributed by atoms with Crippen molar-refractivity contribution in [1.82, 2.24) is 5.32 Å². The molecule has 0 amide bonds. The Balaban J connectivity index is 2.36. The summed E-state index contributed by atoms with van der Waals surface area (Å²) in [4.78, 5) is 0. The van der Waals surface area contributed by atoms with Crippen molar-refractivity contribution in [3.05, 3.63) is 29.6 Å². The maximum absolute atomic E-state index is 14.5. The molecule has 0 heterocycles. The van der Waals surface area contributed by atoms with Crippen molar-refractivity contribution < 1.29 is 13.9 Å². The lowest BCUT2D eigenvalue weighted by atomic mass is 9.76. The summed E-state index contributed by atoms with van der Waals surface area (Å²) in [5.41, 5.74) is 0.352. The summed E-state index contributed by atoms with van der Waals surface area (Å²) in [6.45, 7) is 2.66. The molecular formula is C17H26FNO2. The van der Waals surface area contributed by atoms with Crippen molar-refractivity contribution in [2.75, 3.05) is 20.8 Å². The van der Waals surface area contributed by atoms with Gasteiger partial charge in [-0.3, -0.25) is 0 Å². The second-order valence-electron chi connectivity index (χ2n) is 5.67. The van der Waals surface area contributed by atoms with Crippen molar-refractivity contribution >= 4 is 0 Å². The lowest BCUT2D eigenvalue weighted by Gasteiger charge is -2.43. The number of likely N-dealkylation sites (N-methyl/N-ethyl adjacent to an activating group) is 1. The van der Waals surface area contributed by atoms with Crippen LogP contribution in [-0.2, 0) is 4.74 Å². The summed E-state index contributed by atoms with van der Waals surface area (Å²) in [7, 11) is 3.43. The molecule has 0 radical (unpaired) electrons. The topological polar surface area (TPSA) is 30.5 Å². The summed E-state index contributed by atoms with van der Waals surface area (Å²) >= 11 is 0. The number of rotatable bonds is 6. The number of nitrogens with one attached hydrogen (secondary N) is 1. The Bertz CT molecular complexity index is 453. The Morgan fingerprint density at radius 3 is 2.52 bits per heavy atom. The van der Waals surface area contributed by atoms with Crippen molar-refractivity contribution in [3.8, 4) is 5.75 Å². The number of hydrogen-bond donors (Lipinski definition) is 1. The minimum Gasteiger partial charge on any atom is -0.497 e. The molecule has 1 aliphatic carbocycles. The predicted molar refractivity (Wildman–Crippen MR) is 82.2 cm³/mol. The summed E-state index contributed by atoms with van der Waals surface area (Å²) in [5.74, 6) is 0.304. The lowest BCUT2D eigenvalue weighted by Crippen LogP contribution is -2.47. The number of ether oxygens (including phenoxy) is 2. The van der Waals surface area contributed by atoms with Gasteiger partial charge >= 0.3 is 0 Å². The van der Waals surface area contributed by atoms with Crippen LogP contribution in [0.2, 0.25) is 0 Å². The van der Waals surface area contributed by atoms with Crippen LogP contribution in [0.15, 0.2) is 18.2 Å². The molecule has 0 aromatic heterocycles. The fourth-order valence-corrected chi connectivity index (χ4v) is 3.52. The minimum atomic E-state index is -0.308. The largest absolute Gasteiger partial charge is 0.497 e. The van der Waals surface area contributed by atoms with Crippen molar-refractivity contribution in [2.24, 2.45) is 0 Å². The Morgan fingerprint density at radius 1 is 1.29 bits per heavy atom. The van der Waals surface area contributed by atoms with Gasteiger partial charge in [0.25, 0.3) is 0 Å². The summed E-state index contributed by atoms with van der Waals surface area (Å²) in [6, 6.07) is 4.93. The van der Waals surface area contributed by atoms with Gasteiger partial charge in [0.15, 0.2) is 0 Å². The van der Waals surface area contributed by atoms with E-state index in [0.717, 1.165) is 25.7 Å². The first-order chi connectivity index (χ1) is 10.2. The molecule has 1 aromatic carbocycles. The highest BCUT2D eigenvalue weighted by Crippen LogP contribution is 2.42. The van der Waals surface area contributed by atoms with Gasteiger partial charge in [-0.05, 0) is 32.9 Å². The Morgan fingerprint density at radius 2 is 2.00 bits per heavy atom. The summed E-state index contributed by atoms with van der Waals surface area (Å²) in [6.07, 6.45) is 5.44. The summed E-state index contributed by atoms with van der Waals surface area (Å²) in [5, 5.41) is 3.29. The third-order valence-corrected chi connectivity index (χ3v) is 4.47. The third kappa shape index (κ3) is 3.38. The van der Waals surface area contributed by atoms with E-state index in [4.69, 9.17) is 9.47 Å². The van der Waals surface area contributed by atoms with Crippen LogP contribution >= 0.6 is 0 Å². The van der Waals surface area contributed by atoms with E-state index in [-0.39, 0.29) is 17.5 Å². The van der Waals surface area contributed by atoms with E-state index in [1.807, 2.05) is 26.1 Å².